The molecular formula is C20H16S2. The summed E-state index contributed by atoms with van der Waals surface area (Å²) in [4.78, 5) is 0.870. The molecule has 0 heterocycles. The van der Waals surface area contributed by atoms with E-state index in [9.17, 15) is 0 Å². The van der Waals surface area contributed by atoms with E-state index in [4.69, 9.17) is 0 Å². The highest BCUT2D eigenvalue weighted by Gasteiger charge is 2.01. The van der Waals surface area contributed by atoms with E-state index in [0.717, 1.165) is 10.5 Å². The predicted molar refractivity (Wildman–Crippen MR) is 103 cm³/mol. The predicted octanol–water partition coefficient (Wildman–Crippen LogP) is 6.18. The summed E-state index contributed by atoms with van der Waals surface area (Å²) in [5.41, 5.74) is 5.95. The maximum absolute atomic E-state index is 4.38. The van der Waals surface area contributed by atoms with Gasteiger partial charge in [-0.2, -0.15) is 12.6 Å². The monoisotopic (exact) mass is 320 g/mol. The Morgan fingerprint density at radius 3 is 1.45 bits per heavy atom. The molecule has 0 atom stereocenters. The Hall–Kier alpha value is -1.90. The van der Waals surface area contributed by atoms with Gasteiger partial charge in [-0.1, -0.05) is 78.9 Å². The number of benzene rings is 3. The zero-order valence-corrected chi connectivity index (χ0v) is 13.8. The first-order chi connectivity index (χ1) is 10.8. The van der Waals surface area contributed by atoms with E-state index in [-0.39, 0.29) is 0 Å². The summed E-state index contributed by atoms with van der Waals surface area (Å²) in [6, 6.07) is 27.4. The quantitative estimate of drug-likeness (QED) is 0.529. The minimum atomic E-state index is 0.870. The lowest BCUT2D eigenvalue weighted by Gasteiger charge is -2.06. The molecule has 108 valence electrons. The highest BCUT2D eigenvalue weighted by atomic mass is 32.1. The van der Waals surface area contributed by atoms with E-state index in [0.29, 0.717) is 0 Å². The van der Waals surface area contributed by atoms with Crippen molar-refractivity contribution in [1.82, 2.24) is 0 Å². The van der Waals surface area contributed by atoms with Crippen molar-refractivity contribution in [3.63, 3.8) is 0 Å². The lowest BCUT2D eigenvalue weighted by molar-refractivity contribution is 1.58. The molecule has 0 radical (unpaired) electrons. The van der Waals surface area contributed by atoms with Crippen LogP contribution in [-0.4, -0.2) is 0 Å². The Kier molecular flexibility index (Phi) is 4.71. The Morgan fingerprint density at radius 1 is 0.591 bits per heavy atom. The van der Waals surface area contributed by atoms with Gasteiger partial charge in [-0.05, 0) is 33.2 Å². The first-order valence-corrected chi connectivity index (χ1v) is 8.04. The van der Waals surface area contributed by atoms with Gasteiger partial charge in [-0.25, -0.2) is 0 Å². The van der Waals surface area contributed by atoms with Crippen LogP contribution in [0.25, 0.3) is 27.2 Å². The van der Waals surface area contributed by atoms with Gasteiger partial charge in [0.05, 0.1) is 0 Å². The molecule has 22 heavy (non-hydrogen) atoms. The van der Waals surface area contributed by atoms with Crippen LogP contribution in [0.5, 0.6) is 0 Å². The first kappa shape index (κ1) is 15.0. The largest absolute Gasteiger partial charge is 0.150 e. The Morgan fingerprint density at radius 2 is 1.00 bits per heavy atom. The minimum Gasteiger partial charge on any atom is -0.150 e. The van der Waals surface area contributed by atoms with Crippen LogP contribution in [0, 0.1) is 0 Å². The molecule has 0 spiro atoms. The van der Waals surface area contributed by atoms with Crippen LogP contribution in [-0.2, 0) is 0 Å². The van der Waals surface area contributed by atoms with Crippen LogP contribution in [0.4, 0.5) is 0 Å². The van der Waals surface area contributed by atoms with Crippen LogP contribution in [0.3, 0.4) is 0 Å². The standard InChI is InChI=1S/C20H16S2/c21-14-20(22)19-12-10-18(11-13-19)17-8-6-16(7-9-17)15-4-2-1-3-5-15/h1-14,21-22H/b20-14-. The van der Waals surface area contributed by atoms with Crippen molar-refractivity contribution < 1.29 is 0 Å². The molecule has 0 unspecified atom stereocenters. The molecule has 0 saturated carbocycles. The molecule has 0 aliphatic carbocycles. The summed E-state index contributed by atoms with van der Waals surface area (Å²) in [5.74, 6) is 0. The van der Waals surface area contributed by atoms with Gasteiger partial charge in [-0.15, -0.1) is 12.6 Å². The molecule has 0 N–H and O–H groups in total. The van der Waals surface area contributed by atoms with Crippen molar-refractivity contribution >= 4 is 30.2 Å². The topological polar surface area (TPSA) is 0 Å². The van der Waals surface area contributed by atoms with E-state index in [1.165, 1.54) is 22.3 Å². The summed E-state index contributed by atoms with van der Waals surface area (Å²) >= 11 is 8.51. The lowest BCUT2D eigenvalue weighted by atomic mass is 10.00. The summed E-state index contributed by atoms with van der Waals surface area (Å²) in [6.45, 7) is 0. The third kappa shape index (κ3) is 3.29. The Balaban J connectivity index is 1.87. The third-order valence-corrected chi connectivity index (χ3v) is 4.48. The second-order valence-electron chi connectivity index (χ2n) is 5.04. The van der Waals surface area contributed by atoms with Crippen LogP contribution >= 0.6 is 25.3 Å². The number of rotatable bonds is 3. The molecule has 0 nitrogen and oxygen atoms in total. The van der Waals surface area contributed by atoms with Crippen molar-refractivity contribution in [3.8, 4) is 22.3 Å². The molecule has 0 aliphatic heterocycles. The second-order valence-corrected chi connectivity index (χ2v) is 5.78. The van der Waals surface area contributed by atoms with E-state index in [2.05, 4.69) is 98.1 Å². The van der Waals surface area contributed by atoms with Gasteiger partial charge in [0.1, 0.15) is 0 Å². The zero-order valence-electron chi connectivity index (χ0n) is 12.0. The highest BCUT2D eigenvalue weighted by molar-refractivity contribution is 7.92. The molecule has 0 aliphatic rings. The molecule has 2 heteroatoms. The summed E-state index contributed by atoms with van der Waals surface area (Å²) < 4.78 is 0. The average Bonchev–Trinajstić information content (AvgIpc) is 2.62. The summed E-state index contributed by atoms with van der Waals surface area (Å²) in [5, 5.41) is 1.70. The van der Waals surface area contributed by atoms with Gasteiger partial charge in [0.25, 0.3) is 0 Å². The second kappa shape index (κ2) is 6.91. The van der Waals surface area contributed by atoms with Crippen molar-refractivity contribution in [1.29, 1.82) is 0 Å². The van der Waals surface area contributed by atoms with Crippen molar-refractivity contribution in [2.45, 2.75) is 0 Å². The minimum absolute atomic E-state index is 0.870. The van der Waals surface area contributed by atoms with Gasteiger partial charge < -0.3 is 0 Å². The van der Waals surface area contributed by atoms with E-state index in [1.54, 1.807) is 5.41 Å². The number of hydrogen-bond donors (Lipinski definition) is 2. The third-order valence-electron chi connectivity index (χ3n) is 3.63. The fraction of sp³-hybridized carbons (Fsp3) is 0. The lowest BCUT2D eigenvalue weighted by Crippen LogP contribution is -1.82. The number of thiol groups is 2. The first-order valence-electron chi connectivity index (χ1n) is 7.07. The molecule has 3 aromatic rings. The smallest absolute Gasteiger partial charge is 0.0173 e. The van der Waals surface area contributed by atoms with Crippen molar-refractivity contribution in [3.05, 3.63) is 89.8 Å². The SMILES string of the molecule is S/C=C(\S)c1ccc(-c2ccc(-c3ccccc3)cc2)cc1. The molecule has 0 saturated heterocycles. The normalized spacial score (nSPS) is 11.5. The molecule has 0 fully saturated rings. The molecule has 3 aromatic carbocycles. The van der Waals surface area contributed by atoms with Crippen molar-refractivity contribution in [2.24, 2.45) is 0 Å². The van der Waals surface area contributed by atoms with Crippen LogP contribution in [0.2, 0.25) is 0 Å². The van der Waals surface area contributed by atoms with Gasteiger partial charge in [0.15, 0.2) is 0 Å². The van der Waals surface area contributed by atoms with Crippen molar-refractivity contribution in [2.75, 3.05) is 0 Å². The van der Waals surface area contributed by atoms with Crippen LogP contribution in [0.1, 0.15) is 5.56 Å². The van der Waals surface area contributed by atoms with E-state index < -0.39 is 0 Å². The molecule has 0 bridgehead atoms. The maximum atomic E-state index is 4.38. The highest BCUT2D eigenvalue weighted by Crippen LogP contribution is 2.27. The summed E-state index contributed by atoms with van der Waals surface area (Å²) in [6.07, 6.45) is 0. The fourth-order valence-electron chi connectivity index (χ4n) is 2.39. The van der Waals surface area contributed by atoms with Crippen LogP contribution < -0.4 is 0 Å². The molecule has 0 aromatic heterocycles. The number of hydrogen-bond acceptors (Lipinski definition) is 2. The van der Waals surface area contributed by atoms with Gasteiger partial charge in [-0.3, -0.25) is 0 Å². The molecular weight excluding hydrogens is 304 g/mol. The van der Waals surface area contributed by atoms with Gasteiger partial charge in [0.2, 0.25) is 0 Å². The molecule has 0 amide bonds. The van der Waals surface area contributed by atoms with E-state index in [1.807, 2.05) is 6.07 Å². The Bertz CT molecular complexity index is 770. The average molecular weight is 320 g/mol. The summed E-state index contributed by atoms with van der Waals surface area (Å²) in [7, 11) is 0. The maximum Gasteiger partial charge on any atom is 0.0173 e. The fourth-order valence-corrected chi connectivity index (χ4v) is 2.69. The Labute approximate surface area is 142 Å². The van der Waals surface area contributed by atoms with Gasteiger partial charge in [0, 0.05) is 4.91 Å². The molecule has 3 rings (SSSR count). The zero-order chi connectivity index (χ0) is 15.4. The van der Waals surface area contributed by atoms with Gasteiger partial charge >= 0.3 is 0 Å². The van der Waals surface area contributed by atoms with E-state index >= 15 is 0 Å². The van der Waals surface area contributed by atoms with Crippen LogP contribution in [0.15, 0.2) is 84.3 Å².